The van der Waals surface area contributed by atoms with E-state index in [0.29, 0.717) is 0 Å². The van der Waals surface area contributed by atoms with Crippen molar-refractivity contribution in [1.82, 2.24) is 0 Å². The zero-order valence-electron chi connectivity index (χ0n) is 6.03. The van der Waals surface area contributed by atoms with Crippen LogP contribution in [0.15, 0.2) is 0 Å². The molecule has 2 unspecified atom stereocenters. The number of alkyl halides is 3. The third kappa shape index (κ3) is 11.2. The molecular weight excluding hydrogens is 324 g/mol. The zero-order chi connectivity index (χ0) is 7.00. The van der Waals surface area contributed by atoms with Crippen LogP contribution in [0.5, 0.6) is 0 Å². The maximum atomic E-state index is 10.7. The van der Waals surface area contributed by atoms with E-state index >= 15 is 0 Å². The van der Waals surface area contributed by atoms with Gasteiger partial charge in [0.05, 0.1) is 0 Å². The molecule has 0 aliphatic rings. The summed E-state index contributed by atoms with van der Waals surface area (Å²) in [6.45, 7) is 0. The summed E-state index contributed by atoms with van der Waals surface area (Å²) in [5, 5.41) is 0. The summed E-state index contributed by atoms with van der Waals surface area (Å²) in [5.41, 5.74) is -5.65. The molecule has 0 amide bonds. The molecule has 0 aromatic carbocycles. The Morgan fingerprint density at radius 3 is 1.17 bits per heavy atom. The zero-order valence-corrected chi connectivity index (χ0v) is 11.4. The van der Waals surface area contributed by atoms with E-state index < -0.39 is 15.6 Å². The summed E-state index contributed by atoms with van der Waals surface area (Å²) in [7, 11) is -6.09. The Morgan fingerprint density at radius 2 is 1.17 bits per heavy atom. The molecule has 0 aliphatic heterocycles. The van der Waals surface area contributed by atoms with E-state index in [1.165, 1.54) is 0 Å². The average Bonchev–Trinajstić information content (AvgIpc) is 1.25. The minimum atomic E-state index is -6.09. The Balaban J connectivity index is -0.0000000408. The maximum Gasteiger partial charge on any atom is 3.00 e. The Bertz CT molecular complexity index is 178. The van der Waals surface area contributed by atoms with E-state index in [1.807, 2.05) is 0 Å². The van der Waals surface area contributed by atoms with Crippen LogP contribution in [0.4, 0.5) is 13.2 Å². The number of hydrogen-bond acceptors (Lipinski definition) is 3. The molecule has 2 atom stereocenters. The first kappa shape index (κ1) is 29.2. The number of rotatable bonds is 0. The second-order valence-corrected chi connectivity index (χ2v) is 2.27. The summed E-state index contributed by atoms with van der Waals surface area (Å²) >= 11 is 0. The Kier molecular flexibility index (Phi) is 21.3. The number of halogens is 3. The minimum Gasteiger partial charge on any atom is -0.741 e. The van der Waals surface area contributed by atoms with Gasteiger partial charge in [-0.25, -0.2) is 8.42 Å². The summed E-state index contributed by atoms with van der Waals surface area (Å²) in [6, 6.07) is 0. The van der Waals surface area contributed by atoms with Gasteiger partial charge in [-0.05, 0) is 0 Å². The van der Waals surface area contributed by atoms with Gasteiger partial charge in [0.25, 0.3) is 0 Å². The van der Waals surface area contributed by atoms with Crippen molar-refractivity contribution in [2.75, 3.05) is 0 Å². The van der Waals surface area contributed by atoms with E-state index in [4.69, 9.17) is 13.0 Å². The Labute approximate surface area is 88.6 Å². The molecule has 0 saturated heterocycles. The van der Waals surface area contributed by atoms with Gasteiger partial charge < -0.3 is 12.0 Å². The molecule has 0 heterocycles. The van der Waals surface area contributed by atoms with Crippen LogP contribution in [0, 0.1) is 7.43 Å². The molecule has 0 aliphatic carbocycles. The van der Waals surface area contributed by atoms with Crippen LogP contribution in [0.25, 0.3) is 0 Å². The van der Waals surface area contributed by atoms with Crippen LogP contribution in [-0.2, 0) is 29.6 Å². The van der Waals surface area contributed by atoms with E-state index in [-0.39, 0.29) is 46.7 Å². The maximum absolute atomic E-state index is 10.7. The van der Waals surface area contributed by atoms with Crippen molar-refractivity contribution >= 4 is 29.9 Å². The van der Waals surface area contributed by atoms with E-state index in [9.17, 15) is 13.2 Å². The summed E-state index contributed by atoms with van der Waals surface area (Å²) in [6.07, 6.45) is 0. The Morgan fingerprint density at radius 1 is 1.08 bits per heavy atom. The molecule has 3 nitrogen and oxygen atoms in total. The second-order valence-electron chi connectivity index (χ2n) is 0.900. The van der Waals surface area contributed by atoms with Crippen LogP contribution in [0.1, 0.15) is 0 Å². The van der Waals surface area contributed by atoms with Crippen LogP contribution < -0.4 is 0 Å². The van der Waals surface area contributed by atoms with Crippen molar-refractivity contribution in [3.05, 3.63) is 7.43 Å². The molecule has 0 fully saturated rings. The SMILES string of the molecule is O=S(=O)([O-])C(F)(F)F.P.P.[CH3-].[Ru+3]. The normalized spacial score (nSPS) is 9.33. The third-order valence-corrected chi connectivity index (χ3v) is 0.850. The first-order chi connectivity index (χ1) is 3.25. The summed E-state index contributed by atoms with van der Waals surface area (Å²) in [4.78, 5) is 0. The smallest absolute Gasteiger partial charge is 0.741 e. The van der Waals surface area contributed by atoms with Crippen LogP contribution in [-0.4, -0.2) is 18.5 Å². The van der Waals surface area contributed by atoms with Crippen molar-refractivity contribution in [3.63, 3.8) is 0 Å². The van der Waals surface area contributed by atoms with Crippen molar-refractivity contribution in [2.45, 2.75) is 5.51 Å². The molecule has 0 aromatic rings. The fraction of sp³-hybridized carbons (Fsp3) is 0.500. The topological polar surface area (TPSA) is 57.2 Å². The van der Waals surface area contributed by atoms with Crippen LogP contribution in [0.2, 0.25) is 0 Å². The molecule has 1 radical (unpaired) electrons. The molecule has 12 heavy (non-hydrogen) atoms. The van der Waals surface area contributed by atoms with Gasteiger partial charge in [0.1, 0.15) is 0 Å². The van der Waals surface area contributed by atoms with Gasteiger partial charge in [-0.1, -0.05) is 0 Å². The minimum absolute atomic E-state index is 0. The van der Waals surface area contributed by atoms with Gasteiger partial charge >= 0.3 is 25.0 Å². The average molecular weight is 333 g/mol. The van der Waals surface area contributed by atoms with Crippen molar-refractivity contribution in [1.29, 1.82) is 0 Å². The van der Waals surface area contributed by atoms with Gasteiger partial charge in [0.15, 0.2) is 10.1 Å². The van der Waals surface area contributed by atoms with Gasteiger partial charge in [-0.15, -0.1) is 0 Å². The fourth-order valence-corrected chi connectivity index (χ4v) is 0. The standard InChI is InChI=1S/CHF3O3S.CH3.2H3P.Ru/c2-1(3,4)8(5,6)7;;;;/h(H,5,6,7);3*1H3;/q;-1;;;+3/p-1. The quantitative estimate of drug-likeness (QED) is 0.215. The predicted octanol–water partition coefficient (Wildman–Crippen LogP) is 0.615. The summed E-state index contributed by atoms with van der Waals surface area (Å²) in [5.74, 6) is 0. The molecule has 0 N–H and O–H groups in total. The van der Waals surface area contributed by atoms with Crippen LogP contribution >= 0.6 is 19.8 Å². The molecular formula is C2H9F3O3P2RuS+. The molecule has 0 saturated carbocycles. The van der Waals surface area contributed by atoms with Crippen LogP contribution in [0.3, 0.4) is 0 Å². The molecule has 79 valence electrons. The molecule has 0 aromatic heterocycles. The largest absolute Gasteiger partial charge is 3.00 e. The van der Waals surface area contributed by atoms with Crippen molar-refractivity contribution in [3.8, 4) is 0 Å². The van der Waals surface area contributed by atoms with Crippen molar-refractivity contribution < 1.29 is 45.6 Å². The fourth-order valence-electron chi connectivity index (χ4n) is 0. The molecule has 0 spiro atoms. The van der Waals surface area contributed by atoms with E-state index in [2.05, 4.69) is 0 Å². The first-order valence-electron chi connectivity index (χ1n) is 1.27. The van der Waals surface area contributed by atoms with Gasteiger partial charge in [0, 0.05) is 0 Å². The molecule has 0 rings (SSSR count). The monoisotopic (exact) mass is 334 g/mol. The Hall–Kier alpha value is 1.18. The molecule has 0 bridgehead atoms. The molecule has 10 heteroatoms. The first-order valence-corrected chi connectivity index (χ1v) is 2.68. The third-order valence-electron chi connectivity index (χ3n) is 0.283. The van der Waals surface area contributed by atoms with Gasteiger partial charge in [-0.2, -0.15) is 33.0 Å². The van der Waals surface area contributed by atoms with Crippen molar-refractivity contribution in [2.24, 2.45) is 0 Å². The summed E-state index contributed by atoms with van der Waals surface area (Å²) < 4.78 is 58.9. The predicted molar refractivity (Wildman–Crippen MR) is 44.4 cm³/mol. The number of hydrogen-bond donors (Lipinski definition) is 0. The van der Waals surface area contributed by atoms with Gasteiger partial charge in [0.2, 0.25) is 0 Å². The van der Waals surface area contributed by atoms with E-state index in [0.717, 1.165) is 0 Å². The van der Waals surface area contributed by atoms with E-state index in [1.54, 1.807) is 0 Å². The van der Waals surface area contributed by atoms with Gasteiger partial charge in [-0.3, -0.25) is 0 Å². The second kappa shape index (κ2) is 8.77.